The molecule has 1 fully saturated rings. The number of hydrogen-bond acceptors (Lipinski definition) is 2. The summed E-state index contributed by atoms with van der Waals surface area (Å²) in [5, 5.41) is 11.2. The molecule has 0 saturated heterocycles. The SMILES string of the molecule is CCN(CC1CCC1)C(=O)NC(C)C(=O)O. The van der Waals surface area contributed by atoms with Crippen LogP contribution in [0.15, 0.2) is 0 Å². The first-order valence-corrected chi connectivity index (χ1v) is 5.82. The number of urea groups is 1. The van der Waals surface area contributed by atoms with Gasteiger partial charge in [0, 0.05) is 13.1 Å². The van der Waals surface area contributed by atoms with E-state index >= 15 is 0 Å². The molecule has 2 amide bonds. The van der Waals surface area contributed by atoms with Gasteiger partial charge in [-0.3, -0.25) is 4.79 Å². The second-order valence-electron chi connectivity index (χ2n) is 4.34. The molecule has 0 radical (unpaired) electrons. The molecule has 2 N–H and O–H groups in total. The molecule has 0 spiro atoms. The maximum atomic E-state index is 11.7. The number of aliphatic carboxylic acids is 1. The second-order valence-corrected chi connectivity index (χ2v) is 4.34. The summed E-state index contributed by atoms with van der Waals surface area (Å²) in [7, 11) is 0. The number of nitrogens with one attached hydrogen (secondary N) is 1. The van der Waals surface area contributed by atoms with Crippen LogP contribution in [-0.2, 0) is 4.79 Å². The zero-order valence-electron chi connectivity index (χ0n) is 9.90. The molecule has 1 rings (SSSR count). The largest absolute Gasteiger partial charge is 0.480 e. The van der Waals surface area contributed by atoms with E-state index in [0.717, 1.165) is 6.54 Å². The molecule has 1 aliphatic rings. The van der Waals surface area contributed by atoms with Gasteiger partial charge in [-0.1, -0.05) is 6.42 Å². The summed E-state index contributed by atoms with van der Waals surface area (Å²) in [6.07, 6.45) is 3.60. The molecule has 1 saturated carbocycles. The summed E-state index contributed by atoms with van der Waals surface area (Å²) in [5.41, 5.74) is 0. The minimum Gasteiger partial charge on any atom is -0.480 e. The van der Waals surface area contributed by atoms with Crippen molar-refractivity contribution in [1.29, 1.82) is 0 Å². The maximum Gasteiger partial charge on any atom is 0.325 e. The van der Waals surface area contributed by atoms with Crippen molar-refractivity contribution in [2.75, 3.05) is 13.1 Å². The summed E-state index contributed by atoms with van der Waals surface area (Å²) in [6.45, 7) is 4.74. The maximum absolute atomic E-state index is 11.7. The van der Waals surface area contributed by atoms with Crippen molar-refractivity contribution < 1.29 is 14.7 Å². The van der Waals surface area contributed by atoms with Crippen LogP contribution in [0.5, 0.6) is 0 Å². The zero-order chi connectivity index (χ0) is 12.1. The number of carboxylic acids is 1. The normalized spacial score (nSPS) is 17.4. The Hall–Kier alpha value is -1.26. The highest BCUT2D eigenvalue weighted by Crippen LogP contribution is 2.26. The Morgan fingerprint density at radius 2 is 2.12 bits per heavy atom. The van der Waals surface area contributed by atoms with E-state index in [1.165, 1.54) is 26.2 Å². The van der Waals surface area contributed by atoms with E-state index in [9.17, 15) is 9.59 Å². The van der Waals surface area contributed by atoms with Crippen molar-refractivity contribution in [1.82, 2.24) is 10.2 Å². The van der Waals surface area contributed by atoms with Gasteiger partial charge in [-0.2, -0.15) is 0 Å². The summed E-state index contributed by atoms with van der Waals surface area (Å²) in [5.74, 6) is -0.404. The Labute approximate surface area is 95.8 Å². The summed E-state index contributed by atoms with van der Waals surface area (Å²) < 4.78 is 0. The third kappa shape index (κ3) is 3.40. The Morgan fingerprint density at radius 1 is 1.50 bits per heavy atom. The lowest BCUT2D eigenvalue weighted by molar-refractivity contribution is -0.138. The fourth-order valence-corrected chi connectivity index (χ4v) is 1.68. The van der Waals surface area contributed by atoms with Crippen LogP contribution in [0.25, 0.3) is 0 Å². The van der Waals surface area contributed by atoms with Gasteiger partial charge in [0.05, 0.1) is 0 Å². The molecule has 0 aromatic carbocycles. The van der Waals surface area contributed by atoms with Crippen LogP contribution in [0.1, 0.15) is 33.1 Å². The number of carbonyl (C=O) groups excluding carboxylic acids is 1. The predicted octanol–water partition coefficient (Wildman–Crippen LogP) is 1.29. The van der Waals surface area contributed by atoms with Gasteiger partial charge in [-0.25, -0.2) is 4.79 Å². The lowest BCUT2D eigenvalue weighted by Crippen LogP contribution is -2.48. The Bertz CT molecular complexity index is 264. The number of amides is 2. The van der Waals surface area contributed by atoms with Crippen molar-refractivity contribution in [3.63, 3.8) is 0 Å². The van der Waals surface area contributed by atoms with Gasteiger partial charge in [-0.15, -0.1) is 0 Å². The van der Waals surface area contributed by atoms with E-state index in [-0.39, 0.29) is 6.03 Å². The topological polar surface area (TPSA) is 69.6 Å². The lowest BCUT2D eigenvalue weighted by Gasteiger charge is -2.32. The standard InChI is InChI=1S/C11H20N2O3/c1-3-13(7-9-5-4-6-9)11(16)12-8(2)10(14)15/h8-9H,3-7H2,1-2H3,(H,12,16)(H,14,15). The van der Waals surface area contributed by atoms with Crippen molar-refractivity contribution in [2.45, 2.75) is 39.2 Å². The van der Waals surface area contributed by atoms with Crippen LogP contribution >= 0.6 is 0 Å². The molecular weight excluding hydrogens is 208 g/mol. The van der Waals surface area contributed by atoms with E-state index in [2.05, 4.69) is 5.32 Å². The smallest absolute Gasteiger partial charge is 0.325 e. The molecule has 16 heavy (non-hydrogen) atoms. The molecule has 0 aromatic rings. The second kappa shape index (κ2) is 5.72. The highest BCUT2D eigenvalue weighted by Gasteiger charge is 2.24. The molecular formula is C11H20N2O3. The van der Waals surface area contributed by atoms with Gasteiger partial charge in [-0.05, 0) is 32.6 Å². The lowest BCUT2D eigenvalue weighted by atomic mass is 9.85. The van der Waals surface area contributed by atoms with E-state index < -0.39 is 12.0 Å². The average Bonchev–Trinajstić information content (AvgIpc) is 2.15. The van der Waals surface area contributed by atoms with Crippen LogP contribution < -0.4 is 5.32 Å². The Morgan fingerprint density at radius 3 is 2.50 bits per heavy atom. The van der Waals surface area contributed by atoms with Crippen LogP contribution in [0.2, 0.25) is 0 Å². The van der Waals surface area contributed by atoms with Crippen LogP contribution in [-0.4, -0.2) is 41.1 Å². The molecule has 1 aliphatic carbocycles. The van der Waals surface area contributed by atoms with E-state index in [4.69, 9.17) is 5.11 Å². The van der Waals surface area contributed by atoms with Crippen LogP contribution in [0.4, 0.5) is 4.79 Å². The van der Waals surface area contributed by atoms with Gasteiger partial charge in [0.25, 0.3) is 0 Å². The minimum atomic E-state index is -1.01. The van der Waals surface area contributed by atoms with Crippen molar-refractivity contribution in [3.8, 4) is 0 Å². The fraction of sp³-hybridized carbons (Fsp3) is 0.818. The number of hydrogen-bond donors (Lipinski definition) is 2. The monoisotopic (exact) mass is 228 g/mol. The van der Waals surface area contributed by atoms with E-state index in [1.807, 2.05) is 6.92 Å². The highest BCUT2D eigenvalue weighted by atomic mass is 16.4. The van der Waals surface area contributed by atoms with Gasteiger partial charge in [0.2, 0.25) is 0 Å². The molecule has 1 atom stereocenters. The van der Waals surface area contributed by atoms with Gasteiger partial charge in [0.15, 0.2) is 0 Å². The molecule has 92 valence electrons. The minimum absolute atomic E-state index is 0.274. The summed E-state index contributed by atoms with van der Waals surface area (Å²) in [6, 6.07) is -1.10. The molecule has 0 aliphatic heterocycles. The first-order chi connectivity index (χ1) is 7.54. The van der Waals surface area contributed by atoms with Crippen molar-refractivity contribution >= 4 is 12.0 Å². The van der Waals surface area contributed by atoms with Gasteiger partial charge in [0.1, 0.15) is 6.04 Å². The van der Waals surface area contributed by atoms with Crippen LogP contribution in [0.3, 0.4) is 0 Å². The summed E-state index contributed by atoms with van der Waals surface area (Å²) in [4.78, 5) is 24.0. The highest BCUT2D eigenvalue weighted by molar-refractivity contribution is 5.82. The molecule has 5 nitrogen and oxygen atoms in total. The van der Waals surface area contributed by atoms with Crippen molar-refractivity contribution in [3.05, 3.63) is 0 Å². The molecule has 5 heteroatoms. The first-order valence-electron chi connectivity index (χ1n) is 5.82. The molecule has 1 unspecified atom stereocenters. The number of carboxylic acid groups (broad SMARTS) is 1. The van der Waals surface area contributed by atoms with E-state index in [1.54, 1.807) is 4.90 Å². The Balaban J connectivity index is 2.38. The number of carbonyl (C=O) groups is 2. The van der Waals surface area contributed by atoms with Gasteiger partial charge >= 0.3 is 12.0 Å². The van der Waals surface area contributed by atoms with E-state index in [0.29, 0.717) is 12.5 Å². The van der Waals surface area contributed by atoms with Gasteiger partial charge < -0.3 is 15.3 Å². The third-order valence-corrected chi connectivity index (χ3v) is 3.08. The molecule has 0 bridgehead atoms. The average molecular weight is 228 g/mol. The fourth-order valence-electron chi connectivity index (χ4n) is 1.68. The zero-order valence-corrected chi connectivity index (χ0v) is 9.90. The first kappa shape index (κ1) is 12.8. The Kier molecular flexibility index (Phi) is 4.58. The number of rotatable bonds is 5. The summed E-state index contributed by atoms with van der Waals surface area (Å²) >= 11 is 0. The molecule has 0 heterocycles. The number of nitrogens with zero attached hydrogens (tertiary/aromatic N) is 1. The third-order valence-electron chi connectivity index (χ3n) is 3.08. The molecule has 0 aromatic heterocycles. The van der Waals surface area contributed by atoms with Crippen molar-refractivity contribution in [2.24, 2.45) is 5.92 Å². The van der Waals surface area contributed by atoms with Crippen LogP contribution in [0, 0.1) is 5.92 Å². The quantitative estimate of drug-likeness (QED) is 0.745. The predicted molar refractivity (Wildman–Crippen MR) is 60.2 cm³/mol.